The van der Waals surface area contributed by atoms with Gasteiger partial charge in [-0.3, -0.25) is 0 Å². The molecule has 4 heteroatoms. The minimum Gasteiger partial charge on any atom is -0.381 e. The van der Waals surface area contributed by atoms with E-state index in [1.54, 1.807) is 0 Å². The smallest absolute Gasteiger partial charge is 0.0741 e. The molecule has 0 radical (unpaired) electrons. The molecule has 0 bridgehead atoms. The van der Waals surface area contributed by atoms with E-state index in [2.05, 4.69) is 46.4 Å². The predicted octanol–water partition coefficient (Wildman–Crippen LogP) is 3.35. The van der Waals surface area contributed by atoms with E-state index in [1.807, 2.05) is 0 Å². The summed E-state index contributed by atoms with van der Waals surface area (Å²) in [5.74, 6) is 0. The second kappa shape index (κ2) is 7.26. The lowest BCUT2D eigenvalue weighted by atomic mass is 9.84. The normalized spacial score (nSPS) is 23.8. The second-order valence-electron chi connectivity index (χ2n) is 7.21. The third-order valence-electron chi connectivity index (χ3n) is 5.59. The Morgan fingerprint density at radius 1 is 1.12 bits per heavy atom. The Morgan fingerprint density at radius 3 is 2.92 bits per heavy atom. The molecule has 1 aromatic carbocycles. The first-order valence-electron chi connectivity index (χ1n) is 9.34. The quantitative estimate of drug-likeness (QED) is 0.855. The highest BCUT2D eigenvalue weighted by atomic mass is 16.5. The number of aromatic nitrogens is 1. The van der Waals surface area contributed by atoms with E-state index in [0.29, 0.717) is 6.04 Å². The van der Waals surface area contributed by atoms with E-state index in [-0.39, 0.29) is 5.60 Å². The number of nitrogens with one attached hydrogen (secondary N) is 1. The Labute approximate surface area is 144 Å². The van der Waals surface area contributed by atoms with Gasteiger partial charge in [0.05, 0.1) is 5.60 Å². The molecule has 0 amide bonds. The molecule has 1 aromatic heterocycles. The van der Waals surface area contributed by atoms with Gasteiger partial charge >= 0.3 is 0 Å². The van der Waals surface area contributed by atoms with Crippen LogP contribution in [0, 0.1) is 0 Å². The first kappa shape index (κ1) is 16.1. The van der Waals surface area contributed by atoms with E-state index < -0.39 is 0 Å². The molecule has 2 aliphatic rings. The highest BCUT2D eigenvalue weighted by Crippen LogP contribution is 2.34. The maximum absolute atomic E-state index is 6.13. The Bertz CT molecular complexity index is 655. The summed E-state index contributed by atoms with van der Waals surface area (Å²) in [6.45, 7) is 4.74. The largest absolute Gasteiger partial charge is 0.381 e. The maximum Gasteiger partial charge on any atom is 0.0741 e. The average Bonchev–Trinajstić information content (AvgIpc) is 3.03. The van der Waals surface area contributed by atoms with Gasteiger partial charge in [-0.1, -0.05) is 18.2 Å². The van der Waals surface area contributed by atoms with Gasteiger partial charge in [-0.15, -0.1) is 0 Å². The number of para-hydroxylation sites is 1. The summed E-state index contributed by atoms with van der Waals surface area (Å²) < 4.78 is 14.0. The highest BCUT2D eigenvalue weighted by Gasteiger charge is 2.38. The van der Waals surface area contributed by atoms with Gasteiger partial charge < -0.3 is 19.4 Å². The van der Waals surface area contributed by atoms with Crippen LogP contribution in [0.2, 0.25) is 0 Å². The SMILES string of the molecule is c1ccc2c(c1)ccn2CCCN[C@H]1CCOC2(CCOCC2)C1. The molecular formula is C20H28N2O2. The monoisotopic (exact) mass is 328 g/mol. The van der Waals surface area contributed by atoms with Crippen molar-refractivity contribution in [2.75, 3.05) is 26.4 Å². The van der Waals surface area contributed by atoms with Crippen LogP contribution in [-0.4, -0.2) is 42.6 Å². The summed E-state index contributed by atoms with van der Waals surface area (Å²) in [5, 5.41) is 5.10. The van der Waals surface area contributed by atoms with Crippen molar-refractivity contribution in [1.82, 2.24) is 9.88 Å². The zero-order valence-corrected chi connectivity index (χ0v) is 14.4. The standard InChI is InChI=1S/C20H28N2O2/c1-2-5-19-17(4-1)6-12-22(19)11-3-10-21-18-7-13-24-20(16-18)8-14-23-15-9-20/h1-2,4-6,12,18,21H,3,7-11,13-16H2/t18-/m0/s1. The summed E-state index contributed by atoms with van der Waals surface area (Å²) in [4.78, 5) is 0. The molecule has 24 heavy (non-hydrogen) atoms. The number of hydrogen-bond donors (Lipinski definition) is 1. The van der Waals surface area contributed by atoms with Gasteiger partial charge in [0, 0.05) is 44.1 Å². The Balaban J connectivity index is 1.25. The fourth-order valence-electron chi connectivity index (χ4n) is 4.19. The molecular weight excluding hydrogens is 300 g/mol. The predicted molar refractivity (Wildman–Crippen MR) is 96.3 cm³/mol. The molecule has 130 valence electrons. The van der Waals surface area contributed by atoms with Gasteiger partial charge in [0.25, 0.3) is 0 Å². The van der Waals surface area contributed by atoms with Gasteiger partial charge in [0.2, 0.25) is 0 Å². The van der Waals surface area contributed by atoms with E-state index in [4.69, 9.17) is 9.47 Å². The van der Waals surface area contributed by atoms with Gasteiger partial charge in [0.15, 0.2) is 0 Å². The molecule has 2 aromatic rings. The average molecular weight is 328 g/mol. The number of ether oxygens (including phenoxy) is 2. The minimum atomic E-state index is 0.0881. The van der Waals surface area contributed by atoms with Crippen molar-refractivity contribution in [1.29, 1.82) is 0 Å². The summed E-state index contributed by atoms with van der Waals surface area (Å²) in [6, 6.07) is 11.4. The van der Waals surface area contributed by atoms with E-state index >= 15 is 0 Å². The fourth-order valence-corrected chi connectivity index (χ4v) is 4.19. The van der Waals surface area contributed by atoms with Crippen molar-refractivity contribution >= 4 is 10.9 Å². The lowest BCUT2D eigenvalue weighted by molar-refractivity contribution is -0.140. The fraction of sp³-hybridized carbons (Fsp3) is 0.600. The van der Waals surface area contributed by atoms with Crippen molar-refractivity contribution in [3.05, 3.63) is 36.5 Å². The lowest BCUT2D eigenvalue weighted by Gasteiger charge is -2.43. The molecule has 4 nitrogen and oxygen atoms in total. The Morgan fingerprint density at radius 2 is 2.00 bits per heavy atom. The summed E-state index contributed by atoms with van der Waals surface area (Å²) >= 11 is 0. The van der Waals surface area contributed by atoms with Gasteiger partial charge in [-0.25, -0.2) is 0 Å². The molecule has 0 unspecified atom stereocenters. The van der Waals surface area contributed by atoms with Gasteiger partial charge in [-0.05, 0) is 56.2 Å². The summed E-state index contributed by atoms with van der Waals surface area (Å²) in [7, 11) is 0. The lowest BCUT2D eigenvalue weighted by Crippen LogP contribution is -2.50. The van der Waals surface area contributed by atoms with Crippen LogP contribution in [0.25, 0.3) is 10.9 Å². The van der Waals surface area contributed by atoms with Crippen molar-refractivity contribution in [3.8, 4) is 0 Å². The van der Waals surface area contributed by atoms with Crippen molar-refractivity contribution in [2.24, 2.45) is 0 Å². The molecule has 1 spiro atoms. The van der Waals surface area contributed by atoms with Crippen LogP contribution in [0.1, 0.15) is 32.1 Å². The van der Waals surface area contributed by atoms with Crippen molar-refractivity contribution in [3.63, 3.8) is 0 Å². The van der Waals surface area contributed by atoms with Crippen LogP contribution in [0.3, 0.4) is 0 Å². The Kier molecular flexibility index (Phi) is 4.88. The van der Waals surface area contributed by atoms with E-state index in [1.165, 1.54) is 10.9 Å². The molecule has 0 saturated carbocycles. The van der Waals surface area contributed by atoms with Crippen molar-refractivity contribution in [2.45, 2.75) is 50.3 Å². The molecule has 0 aliphatic carbocycles. The van der Waals surface area contributed by atoms with Crippen LogP contribution < -0.4 is 5.32 Å². The molecule has 3 heterocycles. The van der Waals surface area contributed by atoms with Crippen LogP contribution in [0.15, 0.2) is 36.5 Å². The number of rotatable bonds is 5. The number of fused-ring (bicyclic) bond motifs is 1. The molecule has 2 fully saturated rings. The summed E-state index contributed by atoms with van der Waals surface area (Å²) in [5.41, 5.74) is 1.43. The zero-order chi connectivity index (χ0) is 16.2. The first-order chi connectivity index (χ1) is 11.8. The van der Waals surface area contributed by atoms with Crippen LogP contribution >= 0.6 is 0 Å². The van der Waals surface area contributed by atoms with E-state index in [9.17, 15) is 0 Å². The number of hydrogen-bond acceptors (Lipinski definition) is 3. The number of benzene rings is 1. The molecule has 1 N–H and O–H groups in total. The summed E-state index contributed by atoms with van der Waals surface area (Å²) in [6.07, 6.45) is 7.75. The maximum atomic E-state index is 6.13. The van der Waals surface area contributed by atoms with Crippen molar-refractivity contribution < 1.29 is 9.47 Å². The number of aryl methyl sites for hydroxylation is 1. The second-order valence-corrected chi connectivity index (χ2v) is 7.21. The van der Waals surface area contributed by atoms with E-state index in [0.717, 1.165) is 65.0 Å². The molecule has 4 rings (SSSR count). The topological polar surface area (TPSA) is 35.4 Å². The van der Waals surface area contributed by atoms with Crippen LogP contribution in [0.5, 0.6) is 0 Å². The molecule has 2 saturated heterocycles. The first-order valence-corrected chi connectivity index (χ1v) is 9.34. The van der Waals surface area contributed by atoms with Crippen LogP contribution in [0.4, 0.5) is 0 Å². The van der Waals surface area contributed by atoms with Crippen LogP contribution in [-0.2, 0) is 16.0 Å². The highest BCUT2D eigenvalue weighted by molar-refractivity contribution is 5.79. The third-order valence-corrected chi connectivity index (χ3v) is 5.59. The van der Waals surface area contributed by atoms with Gasteiger partial charge in [0.1, 0.15) is 0 Å². The number of nitrogens with zero attached hydrogens (tertiary/aromatic N) is 1. The molecule has 1 atom stereocenters. The van der Waals surface area contributed by atoms with Gasteiger partial charge in [-0.2, -0.15) is 0 Å². The molecule has 2 aliphatic heterocycles. The third kappa shape index (κ3) is 3.51. The Hall–Kier alpha value is -1.36. The zero-order valence-electron chi connectivity index (χ0n) is 14.4. The minimum absolute atomic E-state index is 0.0881.